The van der Waals surface area contributed by atoms with Gasteiger partial charge in [-0.1, -0.05) is 63.2 Å². The fourth-order valence-electron chi connectivity index (χ4n) is 3.60. The van der Waals surface area contributed by atoms with Crippen molar-refractivity contribution in [2.45, 2.75) is 40.0 Å². The number of fused-ring (bicyclic) bond motifs is 1. The summed E-state index contributed by atoms with van der Waals surface area (Å²) in [6.45, 7) is 11.3. The van der Waals surface area contributed by atoms with Crippen molar-refractivity contribution in [2.24, 2.45) is 0 Å². The Labute approximate surface area is 165 Å². The van der Waals surface area contributed by atoms with Gasteiger partial charge >= 0.3 is 0 Å². The maximum atomic E-state index is 4.93. The molecule has 0 saturated carbocycles. The zero-order chi connectivity index (χ0) is 19.2. The highest BCUT2D eigenvalue weighted by Gasteiger charge is 2.18. The van der Waals surface area contributed by atoms with Crippen molar-refractivity contribution in [1.29, 1.82) is 0 Å². The molecule has 0 fully saturated rings. The molecular weight excluding hydrogens is 346 g/mol. The van der Waals surface area contributed by atoms with Crippen LogP contribution in [0.15, 0.2) is 60.7 Å². The number of hydrogen-bond acceptors (Lipinski definition) is 2. The molecule has 2 heteroatoms. The molecule has 0 atom stereocenters. The summed E-state index contributed by atoms with van der Waals surface area (Å²) < 4.78 is 0. The smallest absolute Gasteiger partial charge is 0.124 e. The van der Waals surface area contributed by atoms with Crippen molar-refractivity contribution in [2.75, 3.05) is 0 Å². The molecule has 27 heavy (non-hydrogen) atoms. The Bertz CT molecular complexity index is 1090. The number of hydrogen-bond donors (Lipinski definition) is 0. The van der Waals surface area contributed by atoms with Crippen molar-refractivity contribution in [1.82, 2.24) is 4.98 Å². The second kappa shape index (κ2) is 6.61. The molecule has 0 aliphatic carbocycles. The zero-order valence-electron chi connectivity index (χ0n) is 16.6. The van der Waals surface area contributed by atoms with E-state index in [0.717, 1.165) is 16.1 Å². The van der Waals surface area contributed by atoms with E-state index in [1.807, 2.05) is 6.07 Å². The van der Waals surface area contributed by atoms with Gasteiger partial charge in [-0.05, 0) is 59.7 Å². The van der Waals surface area contributed by atoms with Crippen molar-refractivity contribution >= 4 is 21.6 Å². The van der Waals surface area contributed by atoms with Gasteiger partial charge < -0.3 is 0 Å². The lowest BCUT2D eigenvalue weighted by molar-refractivity contribution is 0.589. The first-order valence-corrected chi connectivity index (χ1v) is 10.2. The minimum atomic E-state index is 0.167. The number of aromatic nitrogens is 1. The number of pyridine rings is 1. The predicted molar refractivity (Wildman–Crippen MR) is 119 cm³/mol. The van der Waals surface area contributed by atoms with E-state index in [2.05, 4.69) is 89.2 Å². The van der Waals surface area contributed by atoms with Crippen LogP contribution in [-0.4, -0.2) is 4.98 Å². The molecule has 0 radical (unpaired) electrons. The van der Waals surface area contributed by atoms with Gasteiger partial charge in [0.15, 0.2) is 0 Å². The molecule has 0 spiro atoms. The van der Waals surface area contributed by atoms with Crippen LogP contribution in [0.3, 0.4) is 0 Å². The molecule has 0 unspecified atom stereocenters. The molecule has 4 rings (SSSR count). The van der Waals surface area contributed by atoms with Gasteiger partial charge in [0.25, 0.3) is 0 Å². The summed E-state index contributed by atoms with van der Waals surface area (Å²) in [5, 5.41) is 1.22. The minimum Gasteiger partial charge on any atom is -0.237 e. The third kappa shape index (κ3) is 3.42. The van der Waals surface area contributed by atoms with Crippen LogP contribution >= 0.6 is 11.3 Å². The number of benzene rings is 2. The Morgan fingerprint density at radius 2 is 1.48 bits per heavy atom. The molecule has 0 saturated heterocycles. The van der Waals surface area contributed by atoms with Crippen LogP contribution in [0.4, 0.5) is 0 Å². The lowest BCUT2D eigenvalue weighted by atomic mass is 9.83. The first-order chi connectivity index (χ1) is 12.8. The van der Waals surface area contributed by atoms with Crippen molar-refractivity contribution in [3.05, 3.63) is 77.4 Å². The molecule has 2 aromatic heterocycles. The zero-order valence-corrected chi connectivity index (χ0v) is 17.4. The Balaban J connectivity index is 1.81. The van der Waals surface area contributed by atoms with Crippen LogP contribution in [0.25, 0.3) is 31.9 Å². The van der Waals surface area contributed by atoms with Gasteiger partial charge in [-0.2, -0.15) is 0 Å². The fraction of sp³-hybridized carbons (Fsp3) is 0.240. The van der Waals surface area contributed by atoms with E-state index in [1.54, 1.807) is 11.3 Å². The van der Waals surface area contributed by atoms with Gasteiger partial charge in [0, 0.05) is 15.8 Å². The van der Waals surface area contributed by atoms with Gasteiger partial charge in [0.05, 0.1) is 5.69 Å². The topological polar surface area (TPSA) is 12.9 Å². The minimum absolute atomic E-state index is 0.167. The molecule has 0 bridgehead atoms. The maximum Gasteiger partial charge on any atom is 0.124 e. The van der Waals surface area contributed by atoms with Gasteiger partial charge in [-0.3, -0.25) is 0 Å². The Hall–Kier alpha value is -2.45. The predicted octanol–water partition coefficient (Wildman–Crippen LogP) is 7.54. The van der Waals surface area contributed by atoms with Crippen molar-refractivity contribution in [3.63, 3.8) is 0 Å². The number of thiophene rings is 1. The normalized spacial score (nSPS) is 11.9. The lowest BCUT2D eigenvalue weighted by Crippen LogP contribution is -2.11. The highest BCUT2D eigenvalue weighted by Crippen LogP contribution is 2.39. The molecule has 0 amide bonds. The third-order valence-corrected chi connectivity index (χ3v) is 6.16. The van der Waals surface area contributed by atoms with E-state index in [-0.39, 0.29) is 5.41 Å². The Morgan fingerprint density at radius 3 is 2.11 bits per heavy atom. The van der Waals surface area contributed by atoms with E-state index in [0.29, 0.717) is 0 Å². The number of aryl methyl sites for hydroxylation is 2. The van der Waals surface area contributed by atoms with Gasteiger partial charge in [-0.25, -0.2) is 4.98 Å². The molecule has 2 heterocycles. The average Bonchev–Trinajstić information content (AvgIpc) is 3.03. The summed E-state index contributed by atoms with van der Waals surface area (Å²) in [7, 11) is 0. The molecular formula is C25H25NS. The van der Waals surface area contributed by atoms with E-state index < -0.39 is 0 Å². The molecule has 0 N–H and O–H groups in total. The molecule has 4 aromatic rings. The van der Waals surface area contributed by atoms with Gasteiger partial charge in [0.2, 0.25) is 0 Å². The summed E-state index contributed by atoms with van der Waals surface area (Å²) in [4.78, 5) is 7.33. The van der Waals surface area contributed by atoms with E-state index in [4.69, 9.17) is 4.98 Å². The standard InChI is InChI=1S/C25H25NS/c1-16-13-20(25(3,4)5)14-17(2)23(16)22-15-19-11-12-21(26-24(19)27-22)18-9-7-6-8-10-18/h6-15H,1-5H3. The summed E-state index contributed by atoms with van der Waals surface area (Å²) in [6, 6.07) is 21.7. The van der Waals surface area contributed by atoms with Crippen LogP contribution in [0, 0.1) is 13.8 Å². The van der Waals surface area contributed by atoms with E-state index >= 15 is 0 Å². The van der Waals surface area contributed by atoms with Crippen molar-refractivity contribution < 1.29 is 0 Å². The highest BCUT2D eigenvalue weighted by atomic mass is 32.1. The number of rotatable bonds is 2. The first kappa shape index (κ1) is 17.9. The largest absolute Gasteiger partial charge is 0.237 e. The van der Waals surface area contributed by atoms with Crippen LogP contribution in [0.2, 0.25) is 0 Å². The van der Waals surface area contributed by atoms with Crippen molar-refractivity contribution in [3.8, 4) is 21.7 Å². The van der Waals surface area contributed by atoms with E-state index in [9.17, 15) is 0 Å². The molecule has 0 aliphatic heterocycles. The lowest BCUT2D eigenvalue weighted by Gasteiger charge is -2.22. The highest BCUT2D eigenvalue weighted by molar-refractivity contribution is 7.21. The monoisotopic (exact) mass is 371 g/mol. The fourth-order valence-corrected chi connectivity index (χ4v) is 4.80. The maximum absolute atomic E-state index is 4.93. The second-order valence-corrected chi connectivity index (χ2v) is 9.33. The SMILES string of the molecule is Cc1cc(C(C)(C)C)cc(C)c1-c1cc2ccc(-c3ccccc3)nc2s1. The summed E-state index contributed by atoms with van der Waals surface area (Å²) in [5.41, 5.74) is 7.80. The third-order valence-electron chi connectivity index (χ3n) is 5.10. The van der Waals surface area contributed by atoms with Crippen LogP contribution in [0.5, 0.6) is 0 Å². The average molecular weight is 372 g/mol. The Kier molecular flexibility index (Phi) is 4.39. The summed E-state index contributed by atoms with van der Waals surface area (Å²) in [5.74, 6) is 0. The van der Waals surface area contributed by atoms with E-state index in [1.165, 1.54) is 32.5 Å². The molecule has 1 nitrogen and oxygen atoms in total. The van der Waals surface area contributed by atoms with Crippen LogP contribution in [0.1, 0.15) is 37.5 Å². The molecule has 2 aromatic carbocycles. The number of nitrogens with zero attached hydrogens (tertiary/aromatic N) is 1. The summed E-state index contributed by atoms with van der Waals surface area (Å²) >= 11 is 1.79. The van der Waals surface area contributed by atoms with Gasteiger partial charge in [-0.15, -0.1) is 11.3 Å². The Morgan fingerprint density at radius 1 is 0.815 bits per heavy atom. The van der Waals surface area contributed by atoms with Crippen LogP contribution < -0.4 is 0 Å². The summed E-state index contributed by atoms with van der Waals surface area (Å²) in [6.07, 6.45) is 0. The first-order valence-electron chi connectivity index (χ1n) is 9.41. The molecule has 136 valence electrons. The van der Waals surface area contributed by atoms with Crippen LogP contribution in [-0.2, 0) is 5.41 Å². The molecule has 0 aliphatic rings. The second-order valence-electron chi connectivity index (χ2n) is 8.30. The van der Waals surface area contributed by atoms with Gasteiger partial charge in [0.1, 0.15) is 4.83 Å². The quantitative estimate of drug-likeness (QED) is 0.354.